The summed E-state index contributed by atoms with van der Waals surface area (Å²) < 4.78 is 4.57. The van der Waals surface area contributed by atoms with E-state index in [1.807, 2.05) is 24.4 Å². The first-order valence-corrected chi connectivity index (χ1v) is 15.2. The second-order valence-corrected chi connectivity index (χ2v) is 11.6. The third kappa shape index (κ3) is 4.07. The van der Waals surface area contributed by atoms with Crippen LogP contribution >= 0.6 is 0 Å². The summed E-state index contributed by atoms with van der Waals surface area (Å²) >= 11 is 0. The predicted molar refractivity (Wildman–Crippen MR) is 187 cm³/mol. The number of pyridine rings is 1. The molecule has 0 saturated carbocycles. The van der Waals surface area contributed by atoms with Crippen molar-refractivity contribution in [1.82, 2.24) is 19.1 Å². The van der Waals surface area contributed by atoms with Crippen LogP contribution in [0.2, 0.25) is 0 Å². The molecular formula is C41H28N4. The van der Waals surface area contributed by atoms with Crippen LogP contribution in [0, 0.1) is 0 Å². The van der Waals surface area contributed by atoms with Gasteiger partial charge in [-0.15, -0.1) is 0 Å². The van der Waals surface area contributed by atoms with Gasteiger partial charge in [-0.1, -0.05) is 91.0 Å². The predicted octanol–water partition coefficient (Wildman–Crippen LogP) is 10.2. The van der Waals surface area contributed by atoms with Crippen molar-refractivity contribution >= 4 is 43.6 Å². The smallest absolute Gasteiger partial charge is 0.140 e. The quantitative estimate of drug-likeness (QED) is 0.209. The Balaban J connectivity index is 1.31. The lowest BCUT2D eigenvalue weighted by molar-refractivity contribution is 0.959. The van der Waals surface area contributed by atoms with Crippen LogP contribution in [0.25, 0.3) is 83.1 Å². The Morgan fingerprint density at radius 3 is 2.24 bits per heavy atom. The number of benzene rings is 6. The minimum Gasteiger partial charge on any atom is -0.327 e. The van der Waals surface area contributed by atoms with Crippen molar-refractivity contribution in [1.29, 1.82) is 0 Å². The maximum Gasteiger partial charge on any atom is 0.140 e. The molecule has 3 aromatic heterocycles. The van der Waals surface area contributed by atoms with Gasteiger partial charge in [-0.2, -0.15) is 0 Å². The first kappa shape index (κ1) is 25.5. The van der Waals surface area contributed by atoms with Crippen LogP contribution in [0.15, 0.2) is 152 Å². The van der Waals surface area contributed by atoms with E-state index >= 15 is 0 Å². The van der Waals surface area contributed by atoms with Gasteiger partial charge in [0, 0.05) is 40.8 Å². The van der Waals surface area contributed by atoms with E-state index in [2.05, 4.69) is 149 Å². The van der Waals surface area contributed by atoms with Gasteiger partial charge in [0.2, 0.25) is 0 Å². The Bertz CT molecular complexity index is 2550. The zero-order chi connectivity index (χ0) is 29.9. The van der Waals surface area contributed by atoms with Gasteiger partial charge in [0.05, 0.1) is 27.8 Å². The lowest BCUT2D eigenvalue weighted by Gasteiger charge is -2.11. The molecule has 0 radical (unpaired) electrons. The van der Waals surface area contributed by atoms with Gasteiger partial charge >= 0.3 is 0 Å². The maximum atomic E-state index is 5.03. The fraction of sp³-hybridized carbons (Fsp3) is 0.0244. The van der Waals surface area contributed by atoms with E-state index in [4.69, 9.17) is 4.98 Å². The molecule has 4 nitrogen and oxygen atoms in total. The molecule has 0 fully saturated rings. The van der Waals surface area contributed by atoms with E-state index < -0.39 is 0 Å². The molecule has 0 unspecified atom stereocenters. The molecule has 0 bridgehead atoms. The summed E-state index contributed by atoms with van der Waals surface area (Å²) in [5, 5.41) is 4.93. The summed E-state index contributed by atoms with van der Waals surface area (Å²) in [6, 6.07) is 51.9. The number of aryl methyl sites for hydroxylation is 1. The van der Waals surface area contributed by atoms with Crippen molar-refractivity contribution in [3.63, 3.8) is 0 Å². The molecule has 6 aromatic carbocycles. The third-order valence-corrected chi connectivity index (χ3v) is 8.98. The van der Waals surface area contributed by atoms with Crippen LogP contribution in [0.3, 0.4) is 0 Å². The number of para-hydroxylation sites is 2. The molecule has 0 amide bonds. The Morgan fingerprint density at radius 2 is 1.33 bits per heavy atom. The average Bonchev–Trinajstić information content (AvgIpc) is 3.62. The standard InChI is InChI=1S/C41H28N4/c1-44-39-18-5-4-17-37(39)43-41(44)30-19-21-34-35-25-28(33-15-9-11-27-10-2-3-14-32(27)33)20-22-38(35)45(40(34)26-30)31-13-8-12-29(24-31)36-16-6-7-23-42-36/h2-26H,1H3. The molecule has 212 valence electrons. The fourth-order valence-electron chi connectivity index (χ4n) is 6.82. The van der Waals surface area contributed by atoms with Gasteiger partial charge in [0.1, 0.15) is 5.82 Å². The van der Waals surface area contributed by atoms with E-state index in [-0.39, 0.29) is 0 Å². The summed E-state index contributed by atoms with van der Waals surface area (Å²) in [5.41, 5.74) is 11.1. The van der Waals surface area contributed by atoms with Crippen LogP contribution in [0.5, 0.6) is 0 Å². The molecule has 0 N–H and O–H groups in total. The first-order chi connectivity index (χ1) is 22.2. The van der Waals surface area contributed by atoms with E-state index in [0.717, 1.165) is 50.4 Å². The Labute approximate surface area is 260 Å². The van der Waals surface area contributed by atoms with Crippen LogP contribution in [-0.2, 0) is 7.05 Å². The van der Waals surface area contributed by atoms with Crippen LogP contribution in [-0.4, -0.2) is 19.1 Å². The number of hydrogen-bond acceptors (Lipinski definition) is 2. The Kier molecular flexibility index (Phi) is 5.69. The summed E-state index contributed by atoms with van der Waals surface area (Å²) in [4.78, 5) is 9.66. The number of imidazole rings is 1. The highest BCUT2D eigenvalue weighted by Crippen LogP contribution is 2.39. The van der Waals surface area contributed by atoms with E-state index in [9.17, 15) is 0 Å². The van der Waals surface area contributed by atoms with Gasteiger partial charge in [0.25, 0.3) is 0 Å². The molecule has 45 heavy (non-hydrogen) atoms. The molecule has 4 heteroatoms. The van der Waals surface area contributed by atoms with Crippen LogP contribution < -0.4 is 0 Å². The van der Waals surface area contributed by atoms with E-state index in [0.29, 0.717) is 0 Å². The normalized spacial score (nSPS) is 11.7. The van der Waals surface area contributed by atoms with Gasteiger partial charge in [0.15, 0.2) is 0 Å². The SMILES string of the molecule is Cn1c(-c2ccc3c4cc(-c5cccc6ccccc56)ccc4n(-c4cccc(-c5ccccn5)c4)c3c2)nc2ccccc21. The third-order valence-electron chi connectivity index (χ3n) is 8.98. The lowest BCUT2D eigenvalue weighted by Crippen LogP contribution is -1.96. The highest BCUT2D eigenvalue weighted by atomic mass is 15.1. The van der Waals surface area contributed by atoms with E-state index in [1.165, 1.54) is 32.7 Å². The summed E-state index contributed by atoms with van der Waals surface area (Å²) in [7, 11) is 2.09. The largest absolute Gasteiger partial charge is 0.327 e. The average molecular weight is 577 g/mol. The molecule has 0 aliphatic rings. The lowest BCUT2D eigenvalue weighted by atomic mass is 9.97. The van der Waals surface area contributed by atoms with E-state index in [1.54, 1.807) is 0 Å². The summed E-state index contributed by atoms with van der Waals surface area (Å²) in [6.45, 7) is 0. The van der Waals surface area contributed by atoms with Gasteiger partial charge in [-0.25, -0.2) is 4.98 Å². The fourth-order valence-corrected chi connectivity index (χ4v) is 6.82. The highest BCUT2D eigenvalue weighted by molar-refractivity contribution is 6.12. The molecule has 0 spiro atoms. The second kappa shape index (κ2) is 10.0. The number of rotatable bonds is 4. The first-order valence-electron chi connectivity index (χ1n) is 15.2. The number of hydrogen-bond donors (Lipinski definition) is 0. The number of nitrogens with zero attached hydrogens (tertiary/aromatic N) is 4. The van der Waals surface area contributed by atoms with Gasteiger partial charge in [-0.3, -0.25) is 4.98 Å². The summed E-state index contributed by atoms with van der Waals surface area (Å²) in [5.74, 6) is 0.952. The number of fused-ring (bicyclic) bond motifs is 5. The highest BCUT2D eigenvalue weighted by Gasteiger charge is 2.17. The minimum absolute atomic E-state index is 0.952. The zero-order valence-corrected chi connectivity index (χ0v) is 24.7. The monoisotopic (exact) mass is 576 g/mol. The Hall–Kier alpha value is -6.00. The molecular weight excluding hydrogens is 548 g/mol. The number of aromatic nitrogens is 4. The van der Waals surface area contributed by atoms with Gasteiger partial charge < -0.3 is 9.13 Å². The molecule has 0 aliphatic heterocycles. The van der Waals surface area contributed by atoms with Crippen LogP contribution in [0.1, 0.15) is 0 Å². The van der Waals surface area contributed by atoms with Crippen LogP contribution in [0.4, 0.5) is 0 Å². The molecule has 9 aromatic rings. The zero-order valence-electron chi connectivity index (χ0n) is 24.7. The molecule has 0 saturated heterocycles. The molecule has 0 atom stereocenters. The second-order valence-electron chi connectivity index (χ2n) is 11.6. The molecule has 0 aliphatic carbocycles. The van der Waals surface area contributed by atoms with Crippen molar-refractivity contribution in [3.05, 3.63) is 152 Å². The molecule has 3 heterocycles. The van der Waals surface area contributed by atoms with Crippen molar-refractivity contribution in [2.24, 2.45) is 7.05 Å². The van der Waals surface area contributed by atoms with Crippen molar-refractivity contribution in [2.45, 2.75) is 0 Å². The maximum absolute atomic E-state index is 5.03. The topological polar surface area (TPSA) is 35.6 Å². The molecule has 9 rings (SSSR count). The van der Waals surface area contributed by atoms with Gasteiger partial charge in [-0.05, 0) is 76.5 Å². The van der Waals surface area contributed by atoms with Crippen molar-refractivity contribution in [2.75, 3.05) is 0 Å². The minimum atomic E-state index is 0.952. The Morgan fingerprint density at radius 1 is 0.511 bits per heavy atom. The van der Waals surface area contributed by atoms with Crippen molar-refractivity contribution in [3.8, 4) is 39.5 Å². The summed E-state index contributed by atoms with van der Waals surface area (Å²) in [6.07, 6.45) is 1.85. The van der Waals surface area contributed by atoms with Crippen molar-refractivity contribution < 1.29 is 0 Å².